The number of carbonyl (C=O) groups is 1. The van der Waals surface area contributed by atoms with Gasteiger partial charge in [-0.2, -0.15) is 0 Å². The van der Waals surface area contributed by atoms with Crippen LogP contribution < -0.4 is 5.32 Å². The number of rotatable bonds is 19. The molecule has 0 radical (unpaired) electrons. The van der Waals surface area contributed by atoms with Gasteiger partial charge in [0.15, 0.2) is 0 Å². The minimum Gasteiger partial charge on any atom is -0.480 e. The number of carboxylic acids is 1. The molecule has 0 saturated heterocycles. The van der Waals surface area contributed by atoms with Gasteiger partial charge < -0.3 is 20.9 Å². The Hall–Kier alpha value is -3.68. The van der Waals surface area contributed by atoms with Gasteiger partial charge in [0.2, 0.25) is 0 Å². The number of pyridine rings is 1. The molecule has 0 saturated carbocycles. The second-order valence-corrected chi connectivity index (χ2v) is 13.0. The van der Waals surface area contributed by atoms with Crippen LogP contribution in [0.4, 0.5) is 0 Å². The maximum Gasteiger partial charge on any atom is 0.316 e. The first-order valence-electron chi connectivity index (χ1n) is 15.9. The van der Waals surface area contributed by atoms with E-state index >= 15 is 0 Å². The Kier molecular flexibility index (Phi) is 14.6. The van der Waals surface area contributed by atoms with Gasteiger partial charge in [-0.05, 0) is 134 Å². The maximum atomic E-state index is 11.3. The number of aliphatic hydroxyl groups is 1. The molecule has 0 spiro atoms. The van der Waals surface area contributed by atoms with Crippen LogP contribution in [-0.4, -0.2) is 44.5 Å². The summed E-state index contributed by atoms with van der Waals surface area (Å²) in [6, 6.07) is 12.7. The van der Waals surface area contributed by atoms with Crippen LogP contribution in [0.1, 0.15) is 86.4 Å². The highest BCUT2D eigenvalue weighted by Gasteiger charge is 2.18. The van der Waals surface area contributed by atoms with Crippen LogP contribution >= 0.6 is 11.8 Å². The number of hydrogen-bond acceptors (Lipinski definition) is 6. The summed E-state index contributed by atoms with van der Waals surface area (Å²) in [7, 11) is 0. The fraction of sp³-hybridized carbons (Fsp3) is 0.395. The van der Waals surface area contributed by atoms with Gasteiger partial charge in [0.1, 0.15) is 5.25 Å². The minimum absolute atomic E-state index is 0.138. The Labute approximate surface area is 273 Å². The third-order valence-electron chi connectivity index (χ3n) is 8.27. The van der Waals surface area contributed by atoms with E-state index in [1.54, 1.807) is 0 Å². The number of aliphatic carboxylic acids is 1. The highest BCUT2D eigenvalue weighted by atomic mass is 32.2. The molecule has 4 N–H and O–H groups in total. The minimum atomic E-state index is -0.899. The van der Waals surface area contributed by atoms with Crippen LogP contribution in [0.3, 0.4) is 0 Å². The van der Waals surface area contributed by atoms with Gasteiger partial charge >= 0.3 is 5.97 Å². The van der Waals surface area contributed by atoms with Crippen LogP contribution in [0.5, 0.6) is 0 Å². The Morgan fingerprint density at radius 3 is 2.69 bits per heavy atom. The van der Waals surface area contributed by atoms with E-state index in [0.29, 0.717) is 23.8 Å². The molecule has 2 unspecified atom stereocenters. The first-order chi connectivity index (χ1) is 21.7. The fourth-order valence-electron chi connectivity index (χ4n) is 5.51. The normalized spacial score (nSPS) is 14.5. The Morgan fingerprint density at radius 2 is 2.00 bits per heavy atom. The number of dihydropyridines is 1. The highest BCUT2D eigenvalue weighted by Crippen LogP contribution is 2.32. The smallest absolute Gasteiger partial charge is 0.316 e. The highest BCUT2D eigenvalue weighted by molar-refractivity contribution is 8.00. The van der Waals surface area contributed by atoms with Crippen molar-refractivity contribution in [3.05, 3.63) is 107 Å². The number of thioether (sulfide) groups is 1. The number of aromatic nitrogens is 1. The van der Waals surface area contributed by atoms with E-state index in [0.717, 1.165) is 77.9 Å². The van der Waals surface area contributed by atoms with Crippen molar-refractivity contribution in [2.24, 2.45) is 5.92 Å². The molecule has 3 rings (SSSR count). The first-order valence-corrected chi connectivity index (χ1v) is 16.9. The van der Waals surface area contributed by atoms with Gasteiger partial charge in [0, 0.05) is 18.0 Å². The Morgan fingerprint density at radius 1 is 1.20 bits per heavy atom. The van der Waals surface area contributed by atoms with Crippen molar-refractivity contribution in [1.29, 1.82) is 5.41 Å². The van der Waals surface area contributed by atoms with E-state index in [9.17, 15) is 9.90 Å². The summed E-state index contributed by atoms with van der Waals surface area (Å²) < 4.78 is 0. The number of nitrogens with zero attached hydrogens (tertiary/aromatic N) is 1. The molecule has 2 aromatic rings. The molecule has 1 aromatic heterocycles. The summed E-state index contributed by atoms with van der Waals surface area (Å²) >= 11 is 1.32. The molecule has 1 aromatic carbocycles. The van der Waals surface area contributed by atoms with Gasteiger partial charge in [-0.3, -0.25) is 9.78 Å². The zero-order chi connectivity index (χ0) is 32.8. The van der Waals surface area contributed by atoms with E-state index in [4.69, 9.17) is 15.5 Å². The predicted molar refractivity (Wildman–Crippen MR) is 191 cm³/mol. The molecule has 1 aliphatic rings. The van der Waals surface area contributed by atoms with Gasteiger partial charge in [-0.25, -0.2) is 0 Å². The van der Waals surface area contributed by atoms with Crippen molar-refractivity contribution in [3.8, 4) is 0 Å². The van der Waals surface area contributed by atoms with Gasteiger partial charge in [0.25, 0.3) is 0 Å². The van der Waals surface area contributed by atoms with Crippen molar-refractivity contribution in [1.82, 2.24) is 10.3 Å². The average Bonchev–Trinajstić information content (AvgIpc) is 3.03. The van der Waals surface area contributed by atoms with Gasteiger partial charge in [-0.1, -0.05) is 56.9 Å². The lowest BCUT2D eigenvalue weighted by atomic mass is 9.90. The van der Waals surface area contributed by atoms with E-state index in [2.05, 4.69) is 62.7 Å². The lowest BCUT2D eigenvalue weighted by molar-refractivity contribution is -0.136. The molecular weight excluding hydrogens is 579 g/mol. The SMILES string of the molecule is C=C/C(=C\c1cc(C2=C(c3cccc(C)n3)NC=CC2)ccc1C)C(=C)CCCC(CC)CC(=N)CCSC(CCO)C(=O)O. The number of carboxylic acid groups (broad SMARTS) is 1. The zero-order valence-electron chi connectivity index (χ0n) is 27.1. The number of aliphatic hydroxyl groups excluding tert-OH is 1. The van der Waals surface area contributed by atoms with Crippen molar-refractivity contribution < 1.29 is 15.0 Å². The molecule has 6 nitrogen and oxygen atoms in total. The molecule has 2 atom stereocenters. The number of benzene rings is 1. The predicted octanol–water partition coefficient (Wildman–Crippen LogP) is 8.76. The summed E-state index contributed by atoms with van der Waals surface area (Å²) in [5, 5.41) is 29.6. The third-order valence-corrected chi connectivity index (χ3v) is 9.55. The summed E-state index contributed by atoms with van der Waals surface area (Å²) in [5.41, 5.74) is 10.4. The second-order valence-electron chi connectivity index (χ2n) is 11.7. The molecule has 0 fully saturated rings. The monoisotopic (exact) mass is 627 g/mol. The van der Waals surface area contributed by atoms with Crippen molar-refractivity contribution in [2.45, 2.75) is 77.4 Å². The van der Waals surface area contributed by atoms with Crippen molar-refractivity contribution in [3.63, 3.8) is 0 Å². The van der Waals surface area contributed by atoms with Crippen molar-refractivity contribution in [2.75, 3.05) is 12.4 Å². The summed E-state index contributed by atoms with van der Waals surface area (Å²) in [6.07, 6.45) is 14.4. The Bertz CT molecular complexity index is 1460. The lowest BCUT2D eigenvalue weighted by Crippen LogP contribution is -2.19. The van der Waals surface area contributed by atoms with E-state index in [1.807, 2.05) is 37.4 Å². The van der Waals surface area contributed by atoms with Crippen LogP contribution in [0.2, 0.25) is 0 Å². The fourth-order valence-corrected chi connectivity index (χ4v) is 6.57. The third kappa shape index (κ3) is 11.0. The maximum absolute atomic E-state index is 11.3. The largest absolute Gasteiger partial charge is 0.480 e. The van der Waals surface area contributed by atoms with Crippen LogP contribution in [0, 0.1) is 25.2 Å². The Balaban J connectivity index is 1.63. The van der Waals surface area contributed by atoms with E-state index in [-0.39, 0.29) is 13.0 Å². The van der Waals surface area contributed by atoms with Crippen molar-refractivity contribution >= 4 is 40.8 Å². The van der Waals surface area contributed by atoms with Crippen LogP contribution in [0.25, 0.3) is 17.3 Å². The molecule has 2 heterocycles. The summed E-state index contributed by atoms with van der Waals surface area (Å²) in [6.45, 7) is 14.7. The second kappa shape index (κ2) is 18.3. The van der Waals surface area contributed by atoms with Crippen LogP contribution in [0.15, 0.2) is 79.1 Å². The van der Waals surface area contributed by atoms with Gasteiger partial charge in [0.05, 0.1) is 11.4 Å². The zero-order valence-corrected chi connectivity index (χ0v) is 27.9. The van der Waals surface area contributed by atoms with Crippen LogP contribution in [-0.2, 0) is 4.79 Å². The molecule has 0 bridgehead atoms. The summed E-state index contributed by atoms with van der Waals surface area (Å²) in [5.74, 6) is 0.108. The number of hydrogen-bond donors (Lipinski definition) is 4. The molecule has 0 aliphatic carbocycles. The summed E-state index contributed by atoms with van der Waals surface area (Å²) in [4.78, 5) is 16.1. The van der Waals surface area contributed by atoms with Gasteiger partial charge in [-0.15, -0.1) is 11.8 Å². The lowest BCUT2D eigenvalue weighted by Gasteiger charge is -2.19. The molecule has 1 aliphatic heterocycles. The molecule has 240 valence electrons. The topological polar surface area (TPSA) is 106 Å². The molecule has 7 heteroatoms. The number of allylic oxidation sites excluding steroid dienone is 5. The standard InChI is InChI=1S/C38H49N3O3S/c1-6-29(23-33(39)19-22-45-36(18-21-42)38(43)44)13-8-11-26(3)30(7-2)24-32-25-31(17-16-27(32)4)34-14-10-20-40-37(34)35-15-9-12-28(5)41-35/h7,9-10,12,15-17,20,24-25,29,36,39-40,42H,2-3,6,8,11,13-14,18-19,21-23H2,1,4-5H3,(H,43,44)/b30-24+,39-33?. The molecule has 45 heavy (non-hydrogen) atoms. The number of nitrogens with one attached hydrogen (secondary N) is 2. The average molecular weight is 628 g/mol. The molecule has 0 amide bonds. The quantitative estimate of drug-likeness (QED) is 0.0917. The first kappa shape index (κ1) is 35.8. The van der Waals surface area contributed by atoms with E-state index < -0.39 is 11.2 Å². The molecular formula is C38H49N3O3S. The number of aryl methyl sites for hydroxylation is 2. The van der Waals surface area contributed by atoms with E-state index in [1.165, 1.54) is 22.9 Å².